The number of hydrogen-bond donors (Lipinski definition) is 0. The largest absolute Gasteiger partial charge is 0.450 e. The Kier molecular flexibility index (Phi) is 5.40. The van der Waals surface area contributed by atoms with Crippen LogP contribution in [0, 0.1) is 0 Å². The zero-order valence-electron chi connectivity index (χ0n) is 11.5. The highest BCUT2D eigenvalue weighted by Gasteiger charge is 2.27. The SMILES string of the molecule is CCOC(=O)N(C)CC(=O)N1C[C@H](C)O[C@@H](C)C1. The van der Waals surface area contributed by atoms with E-state index < -0.39 is 6.09 Å². The molecule has 6 nitrogen and oxygen atoms in total. The summed E-state index contributed by atoms with van der Waals surface area (Å²) in [6, 6.07) is 0. The van der Waals surface area contributed by atoms with Gasteiger partial charge in [0, 0.05) is 20.1 Å². The monoisotopic (exact) mass is 258 g/mol. The molecule has 1 aliphatic rings. The van der Waals surface area contributed by atoms with Gasteiger partial charge in [-0.1, -0.05) is 0 Å². The summed E-state index contributed by atoms with van der Waals surface area (Å²) >= 11 is 0. The van der Waals surface area contributed by atoms with Gasteiger partial charge >= 0.3 is 6.09 Å². The molecule has 0 spiro atoms. The van der Waals surface area contributed by atoms with Crippen LogP contribution in [0.25, 0.3) is 0 Å². The second-order valence-electron chi connectivity index (χ2n) is 4.61. The van der Waals surface area contributed by atoms with E-state index in [2.05, 4.69) is 0 Å². The van der Waals surface area contributed by atoms with Gasteiger partial charge in [0.1, 0.15) is 6.54 Å². The lowest BCUT2D eigenvalue weighted by Crippen LogP contribution is -2.51. The number of hydrogen-bond acceptors (Lipinski definition) is 4. The molecule has 18 heavy (non-hydrogen) atoms. The average Bonchev–Trinajstić information content (AvgIpc) is 2.27. The van der Waals surface area contributed by atoms with Crippen molar-refractivity contribution in [1.29, 1.82) is 0 Å². The summed E-state index contributed by atoms with van der Waals surface area (Å²) < 4.78 is 10.4. The minimum Gasteiger partial charge on any atom is -0.450 e. The topological polar surface area (TPSA) is 59.1 Å². The first-order valence-electron chi connectivity index (χ1n) is 6.25. The molecule has 2 atom stereocenters. The molecule has 0 aromatic rings. The molecule has 6 heteroatoms. The lowest BCUT2D eigenvalue weighted by molar-refractivity contribution is -0.143. The minimum absolute atomic E-state index is 0.0330. The summed E-state index contributed by atoms with van der Waals surface area (Å²) in [5, 5.41) is 0. The van der Waals surface area contributed by atoms with Crippen LogP contribution in [0.15, 0.2) is 0 Å². The first kappa shape index (κ1) is 14.8. The molecule has 0 aromatic carbocycles. The van der Waals surface area contributed by atoms with E-state index in [1.54, 1.807) is 18.9 Å². The van der Waals surface area contributed by atoms with Gasteiger partial charge in [0.25, 0.3) is 0 Å². The van der Waals surface area contributed by atoms with Crippen LogP contribution in [0.4, 0.5) is 4.79 Å². The van der Waals surface area contributed by atoms with E-state index >= 15 is 0 Å². The zero-order valence-corrected chi connectivity index (χ0v) is 11.5. The third-order valence-corrected chi connectivity index (χ3v) is 2.72. The Labute approximate surface area is 108 Å². The van der Waals surface area contributed by atoms with Gasteiger partial charge in [-0.05, 0) is 20.8 Å². The van der Waals surface area contributed by atoms with E-state index in [0.29, 0.717) is 19.7 Å². The Bertz CT molecular complexity index is 298. The molecule has 0 bridgehead atoms. The van der Waals surface area contributed by atoms with Crippen molar-refractivity contribution in [3.8, 4) is 0 Å². The molecule has 0 aromatic heterocycles. The fourth-order valence-corrected chi connectivity index (χ4v) is 1.98. The maximum absolute atomic E-state index is 12.0. The fourth-order valence-electron chi connectivity index (χ4n) is 1.98. The molecule has 1 aliphatic heterocycles. The van der Waals surface area contributed by atoms with Gasteiger partial charge < -0.3 is 19.3 Å². The average molecular weight is 258 g/mol. The Hall–Kier alpha value is -1.30. The molecule has 0 saturated carbocycles. The van der Waals surface area contributed by atoms with Gasteiger partial charge in [-0.25, -0.2) is 4.79 Å². The first-order chi connectivity index (χ1) is 8.43. The molecule has 0 radical (unpaired) electrons. The van der Waals surface area contributed by atoms with Gasteiger partial charge in [-0.15, -0.1) is 0 Å². The van der Waals surface area contributed by atoms with Crippen LogP contribution in [0.2, 0.25) is 0 Å². The van der Waals surface area contributed by atoms with Gasteiger partial charge in [0.2, 0.25) is 5.91 Å². The van der Waals surface area contributed by atoms with Crippen molar-refractivity contribution < 1.29 is 19.1 Å². The van der Waals surface area contributed by atoms with Crippen molar-refractivity contribution in [2.75, 3.05) is 33.3 Å². The number of nitrogens with zero attached hydrogens (tertiary/aromatic N) is 2. The number of morpholine rings is 1. The number of carbonyl (C=O) groups excluding carboxylic acids is 2. The highest BCUT2D eigenvalue weighted by Crippen LogP contribution is 2.11. The molecule has 1 rings (SSSR count). The highest BCUT2D eigenvalue weighted by atomic mass is 16.6. The van der Waals surface area contributed by atoms with E-state index in [-0.39, 0.29) is 24.7 Å². The lowest BCUT2D eigenvalue weighted by Gasteiger charge is -2.36. The van der Waals surface area contributed by atoms with Crippen molar-refractivity contribution in [2.24, 2.45) is 0 Å². The first-order valence-corrected chi connectivity index (χ1v) is 6.25. The van der Waals surface area contributed by atoms with Crippen LogP contribution in [-0.4, -0.2) is 67.3 Å². The van der Waals surface area contributed by atoms with Crippen molar-refractivity contribution in [3.05, 3.63) is 0 Å². The van der Waals surface area contributed by atoms with E-state index in [1.165, 1.54) is 4.90 Å². The van der Waals surface area contributed by atoms with E-state index in [4.69, 9.17) is 9.47 Å². The third kappa shape index (κ3) is 4.18. The predicted octanol–water partition coefficient (Wildman–Crippen LogP) is 0.711. The second kappa shape index (κ2) is 6.58. The number of rotatable bonds is 3. The molecule has 1 saturated heterocycles. The molecule has 2 amide bonds. The maximum Gasteiger partial charge on any atom is 0.409 e. The molecule has 0 N–H and O–H groups in total. The van der Waals surface area contributed by atoms with Crippen molar-refractivity contribution in [3.63, 3.8) is 0 Å². The normalized spacial score (nSPS) is 23.7. The van der Waals surface area contributed by atoms with E-state index in [1.807, 2.05) is 13.8 Å². The Morgan fingerprint density at radius 3 is 2.39 bits per heavy atom. The van der Waals surface area contributed by atoms with Gasteiger partial charge in [-0.3, -0.25) is 4.79 Å². The summed E-state index contributed by atoms with van der Waals surface area (Å²) in [4.78, 5) is 26.4. The molecule has 0 unspecified atom stereocenters. The molecular weight excluding hydrogens is 236 g/mol. The smallest absolute Gasteiger partial charge is 0.409 e. The summed E-state index contributed by atoms with van der Waals surface area (Å²) in [5.41, 5.74) is 0. The number of carbonyl (C=O) groups is 2. The summed E-state index contributed by atoms with van der Waals surface area (Å²) in [6.45, 7) is 7.09. The molecule has 1 fully saturated rings. The quantitative estimate of drug-likeness (QED) is 0.748. The lowest BCUT2D eigenvalue weighted by atomic mass is 10.2. The summed E-state index contributed by atoms with van der Waals surface area (Å²) in [5.74, 6) is -0.0763. The minimum atomic E-state index is -0.472. The molecule has 0 aliphatic carbocycles. The Morgan fingerprint density at radius 1 is 1.33 bits per heavy atom. The van der Waals surface area contributed by atoms with Crippen molar-refractivity contribution in [1.82, 2.24) is 9.80 Å². The molecule has 104 valence electrons. The van der Waals surface area contributed by atoms with Crippen molar-refractivity contribution >= 4 is 12.0 Å². The standard InChI is InChI=1S/C12H22N2O4/c1-5-17-12(16)13(4)8-11(15)14-6-9(2)18-10(3)7-14/h9-10H,5-8H2,1-4H3/t9-,10-/m0/s1. The van der Waals surface area contributed by atoms with Crippen LogP contribution in [0.3, 0.4) is 0 Å². The number of amides is 2. The summed E-state index contributed by atoms with van der Waals surface area (Å²) in [6.07, 6.45) is -0.406. The number of likely N-dealkylation sites (N-methyl/N-ethyl adjacent to an activating group) is 1. The van der Waals surface area contributed by atoms with Crippen LogP contribution in [0.1, 0.15) is 20.8 Å². The van der Waals surface area contributed by atoms with Crippen LogP contribution in [0.5, 0.6) is 0 Å². The highest BCUT2D eigenvalue weighted by molar-refractivity contribution is 5.82. The van der Waals surface area contributed by atoms with Gasteiger partial charge in [0.15, 0.2) is 0 Å². The third-order valence-electron chi connectivity index (χ3n) is 2.72. The van der Waals surface area contributed by atoms with Crippen LogP contribution >= 0.6 is 0 Å². The van der Waals surface area contributed by atoms with E-state index in [0.717, 1.165) is 0 Å². The van der Waals surface area contributed by atoms with E-state index in [9.17, 15) is 9.59 Å². The van der Waals surface area contributed by atoms with Gasteiger partial charge in [-0.2, -0.15) is 0 Å². The number of ether oxygens (including phenoxy) is 2. The Balaban J connectivity index is 2.47. The Morgan fingerprint density at radius 2 is 1.89 bits per heavy atom. The summed E-state index contributed by atoms with van der Waals surface area (Å²) in [7, 11) is 1.56. The molecular formula is C12H22N2O4. The predicted molar refractivity (Wildman–Crippen MR) is 66.2 cm³/mol. The second-order valence-corrected chi connectivity index (χ2v) is 4.61. The van der Waals surface area contributed by atoms with Crippen molar-refractivity contribution in [2.45, 2.75) is 33.0 Å². The maximum atomic E-state index is 12.0. The van der Waals surface area contributed by atoms with Gasteiger partial charge in [0.05, 0.1) is 18.8 Å². The zero-order chi connectivity index (χ0) is 13.7. The van der Waals surface area contributed by atoms with Crippen LogP contribution in [-0.2, 0) is 14.3 Å². The van der Waals surface area contributed by atoms with Crippen LogP contribution < -0.4 is 0 Å². The molecule has 1 heterocycles. The fraction of sp³-hybridized carbons (Fsp3) is 0.833.